The van der Waals surface area contributed by atoms with Crippen LogP contribution >= 0.6 is 0 Å². The normalized spacial score (nSPS) is 16.3. The number of nitrogens with zero attached hydrogens (tertiary/aromatic N) is 4. The van der Waals surface area contributed by atoms with Crippen LogP contribution in [0.15, 0.2) is 42.7 Å². The van der Waals surface area contributed by atoms with E-state index in [0.717, 1.165) is 5.69 Å². The van der Waals surface area contributed by atoms with Crippen molar-refractivity contribution in [2.24, 2.45) is 0 Å². The van der Waals surface area contributed by atoms with Gasteiger partial charge in [-0.05, 0) is 25.1 Å². The fourth-order valence-electron chi connectivity index (χ4n) is 2.79. The van der Waals surface area contributed by atoms with Crippen molar-refractivity contribution >= 4 is 15.9 Å². The highest BCUT2D eigenvalue weighted by molar-refractivity contribution is 7.89. The second kappa shape index (κ2) is 6.74. The van der Waals surface area contributed by atoms with Crippen LogP contribution in [0.1, 0.15) is 17.3 Å². The van der Waals surface area contributed by atoms with Gasteiger partial charge in [0.25, 0.3) is 5.91 Å². The number of hydrogen-bond donors (Lipinski definition) is 0. The highest BCUT2D eigenvalue weighted by Crippen LogP contribution is 2.17. The number of rotatable bonds is 4. The molecule has 7 nitrogen and oxygen atoms in total. The molecule has 0 N–H and O–H groups in total. The van der Waals surface area contributed by atoms with E-state index in [9.17, 15) is 13.2 Å². The first-order valence-electron chi connectivity index (χ1n) is 7.89. The summed E-state index contributed by atoms with van der Waals surface area (Å²) >= 11 is 0. The predicted octanol–water partition coefficient (Wildman–Crippen LogP) is 0.980. The van der Waals surface area contributed by atoms with Crippen LogP contribution in [0.5, 0.6) is 0 Å². The number of hydrogen-bond acceptors (Lipinski definition) is 4. The summed E-state index contributed by atoms with van der Waals surface area (Å²) in [5.41, 5.74) is 1.28. The molecular formula is C16H20N4O3S. The number of para-hydroxylation sites is 1. The van der Waals surface area contributed by atoms with Gasteiger partial charge in [-0.25, -0.2) is 13.1 Å². The molecule has 1 amide bonds. The van der Waals surface area contributed by atoms with Gasteiger partial charge < -0.3 is 4.90 Å². The van der Waals surface area contributed by atoms with E-state index in [2.05, 4.69) is 5.10 Å². The molecule has 0 aliphatic carbocycles. The van der Waals surface area contributed by atoms with Gasteiger partial charge in [0.2, 0.25) is 10.0 Å². The van der Waals surface area contributed by atoms with Gasteiger partial charge in [-0.1, -0.05) is 12.1 Å². The molecule has 2 heterocycles. The molecule has 1 aromatic carbocycles. The first-order valence-corrected chi connectivity index (χ1v) is 9.50. The number of carbonyl (C=O) groups is 1. The van der Waals surface area contributed by atoms with Crippen molar-refractivity contribution in [1.29, 1.82) is 0 Å². The van der Waals surface area contributed by atoms with Crippen molar-refractivity contribution in [2.75, 3.05) is 31.9 Å². The number of piperazine rings is 1. The Morgan fingerprint density at radius 1 is 1.12 bits per heavy atom. The minimum atomic E-state index is -3.20. The maximum atomic E-state index is 12.9. The van der Waals surface area contributed by atoms with Gasteiger partial charge in [0, 0.05) is 38.6 Å². The molecule has 2 aromatic rings. The molecule has 3 rings (SSSR count). The summed E-state index contributed by atoms with van der Waals surface area (Å²) in [5.74, 6) is -0.0158. The number of benzene rings is 1. The fraction of sp³-hybridized carbons (Fsp3) is 0.375. The molecule has 1 fully saturated rings. The van der Waals surface area contributed by atoms with E-state index in [1.807, 2.05) is 18.2 Å². The molecule has 1 aliphatic rings. The molecule has 0 bridgehead atoms. The van der Waals surface area contributed by atoms with Crippen LogP contribution in [0.2, 0.25) is 0 Å². The zero-order chi connectivity index (χ0) is 17.2. The van der Waals surface area contributed by atoms with Crippen LogP contribution in [0.4, 0.5) is 0 Å². The third kappa shape index (κ3) is 3.20. The Morgan fingerprint density at radius 2 is 1.83 bits per heavy atom. The van der Waals surface area contributed by atoms with Crippen LogP contribution in [0, 0.1) is 0 Å². The fourth-order valence-corrected chi connectivity index (χ4v) is 3.87. The van der Waals surface area contributed by atoms with E-state index >= 15 is 0 Å². The Bertz CT molecular complexity index is 810. The maximum absolute atomic E-state index is 12.9. The maximum Gasteiger partial charge on any atom is 0.256 e. The van der Waals surface area contributed by atoms with Gasteiger partial charge in [-0.2, -0.15) is 9.40 Å². The number of carbonyl (C=O) groups excluding carboxylic acids is 1. The minimum Gasteiger partial charge on any atom is -0.336 e. The average molecular weight is 348 g/mol. The van der Waals surface area contributed by atoms with E-state index in [1.165, 1.54) is 4.31 Å². The molecule has 128 valence electrons. The molecule has 0 spiro atoms. The lowest BCUT2D eigenvalue weighted by Gasteiger charge is -2.34. The molecule has 1 aliphatic heterocycles. The second-order valence-corrected chi connectivity index (χ2v) is 7.82. The quantitative estimate of drug-likeness (QED) is 0.825. The molecule has 1 aromatic heterocycles. The first kappa shape index (κ1) is 16.7. The summed E-state index contributed by atoms with van der Waals surface area (Å²) in [6.07, 6.45) is 3.45. The van der Waals surface area contributed by atoms with Crippen LogP contribution in [-0.4, -0.2) is 65.2 Å². The van der Waals surface area contributed by atoms with Crippen LogP contribution < -0.4 is 0 Å². The Morgan fingerprint density at radius 3 is 2.46 bits per heavy atom. The van der Waals surface area contributed by atoms with Crippen molar-refractivity contribution in [2.45, 2.75) is 6.92 Å². The molecule has 1 saturated heterocycles. The highest BCUT2D eigenvalue weighted by Gasteiger charge is 2.29. The Labute approximate surface area is 141 Å². The SMILES string of the molecule is CCS(=O)(=O)N1CCN(C(=O)c2ccccc2-n2cccn2)CC1. The Hall–Kier alpha value is -2.19. The summed E-state index contributed by atoms with van der Waals surface area (Å²) in [7, 11) is -3.20. The zero-order valence-electron chi connectivity index (χ0n) is 13.5. The molecule has 0 atom stereocenters. The zero-order valence-corrected chi connectivity index (χ0v) is 14.3. The summed E-state index contributed by atoms with van der Waals surface area (Å²) < 4.78 is 27.0. The van der Waals surface area contributed by atoms with Crippen molar-refractivity contribution in [3.63, 3.8) is 0 Å². The lowest BCUT2D eigenvalue weighted by atomic mass is 10.1. The molecule has 8 heteroatoms. The highest BCUT2D eigenvalue weighted by atomic mass is 32.2. The first-order chi connectivity index (χ1) is 11.5. The third-order valence-electron chi connectivity index (χ3n) is 4.17. The predicted molar refractivity (Wildman–Crippen MR) is 90.5 cm³/mol. The smallest absolute Gasteiger partial charge is 0.256 e. The van der Waals surface area contributed by atoms with Gasteiger partial charge in [0.05, 0.1) is 17.0 Å². The molecular weight excluding hydrogens is 328 g/mol. The Balaban J connectivity index is 1.78. The summed E-state index contributed by atoms with van der Waals surface area (Å²) in [6, 6.07) is 9.10. The lowest BCUT2D eigenvalue weighted by molar-refractivity contribution is 0.0698. The van der Waals surface area contributed by atoms with Crippen molar-refractivity contribution in [3.8, 4) is 5.69 Å². The van der Waals surface area contributed by atoms with Gasteiger partial charge in [0.1, 0.15) is 0 Å². The second-order valence-electron chi connectivity index (χ2n) is 5.56. The minimum absolute atomic E-state index is 0.0864. The summed E-state index contributed by atoms with van der Waals surface area (Å²) in [6.45, 7) is 3.10. The van der Waals surface area contributed by atoms with E-state index in [0.29, 0.717) is 31.7 Å². The monoisotopic (exact) mass is 348 g/mol. The van der Waals surface area contributed by atoms with Gasteiger partial charge in [0.15, 0.2) is 0 Å². The number of aromatic nitrogens is 2. The lowest BCUT2D eigenvalue weighted by Crippen LogP contribution is -2.51. The van der Waals surface area contributed by atoms with E-state index < -0.39 is 10.0 Å². The topological polar surface area (TPSA) is 75.5 Å². The van der Waals surface area contributed by atoms with Gasteiger partial charge >= 0.3 is 0 Å². The summed E-state index contributed by atoms with van der Waals surface area (Å²) in [4.78, 5) is 14.6. The van der Waals surface area contributed by atoms with Crippen molar-refractivity contribution in [3.05, 3.63) is 48.3 Å². The number of amides is 1. The van der Waals surface area contributed by atoms with Crippen molar-refractivity contribution in [1.82, 2.24) is 19.0 Å². The molecule has 0 unspecified atom stereocenters. The average Bonchev–Trinajstić information content (AvgIpc) is 3.16. The van der Waals surface area contributed by atoms with Crippen LogP contribution in [0.25, 0.3) is 5.69 Å². The van der Waals surface area contributed by atoms with Crippen LogP contribution in [0.3, 0.4) is 0 Å². The van der Waals surface area contributed by atoms with E-state index in [-0.39, 0.29) is 11.7 Å². The van der Waals surface area contributed by atoms with Gasteiger partial charge in [-0.3, -0.25) is 4.79 Å². The molecule has 24 heavy (non-hydrogen) atoms. The largest absolute Gasteiger partial charge is 0.336 e. The Kier molecular flexibility index (Phi) is 4.68. The summed E-state index contributed by atoms with van der Waals surface area (Å²) in [5, 5.41) is 4.19. The van der Waals surface area contributed by atoms with E-state index in [4.69, 9.17) is 0 Å². The van der Waals surface area contributed by atoms with Gasteiger partial charge in [-0.15, -0.1) is 0 Å². The van der Waals surface area contributed by atoms with E-state index in [1.54, 1.807) is 41.0 Å². The van der Waals surface area contributed by atoms with Crippen molar-refractivity contribution < 1.29 is 13.2 Å². The standard InChI is InChI=1S/C16H20N4O3S/c1-2-24(22,23)19-12-10-18(11-13-19)16(21)14-6-3-4-7-15(14)20-9-5-8-17-20/h3-9H,2,10-13H2,1H3. The molecule has 0 saturated carbocycles. The third-order valence-corrected chi connectivity index (χ3v) is 6.05. The molecule has 0 radical (unpaired) electrons. The number of sulfonamides is 1. The van der Waals surface area contributed by atoms with Crippen LogP contribution in [-0.2, 0) is 10.0 Å².